The Morgan fingerprint density at radius 3 is 2.46 bits per heavy atom. The second kappa shape index (κ2) is 9.54. The number of imide groups is 1. The lowest BCUT2D eigenvalue weighted by Gasteiger charge is -2.40. The Bertz CT molecular complexity index is 1190. The van der Waals surface area contributed by atoms with Gasteiger partial charge in [-0.2, -0.15) is 0 Å². The highest BCUT2D eigenvalue weighted by Crippen LogP contribution is 2.48. The van der Waals surface area contributed by atoms with Crippen LogP contribution in [0.4, 0.5) is 4.79 Å². The fourth-order valence-corrected chi connectivity index (χ4v) is 5.39. The first-order chi connectivity index (χ1) is 16.5. The van der Waals surface area contributed by atoms with E-state index in [4.69, 9.17) is 14.2 Å². The highest BCUT2D eigenvalue weighted by atomic mass is 32.2. The van der Waals surface area contributed by atoms with Gasteiger partial charge in [0.05, 0.1) is 11.4 Å². The van der Waals surface area contributed by atoms with Crippen molar-refractivity contribution in [3.63, 3.8) is 0 Å². The van der Waals surface area contributed by atoms with Crippen molar-refractivity contribution in [1.82, 2.24) is 5.32 Å². The minimum absolute atomic E-state index is 0.210. The summed E-state index contributed by atoms with van der Waals surface area (Å²) in [5, 5.41) is 12.6. The maximum atomic E-state index is 11.8. The van der Waals surface area contributed by atoms with Crippen LogP contribution in [0.25, 0.3) is 0 Å². The molecule has 0 bridgehead atoms. The minimum Gasteiger partial charge on any atom is -0.489 e. The van der Waals surface area contributed by atoms with E-state index in [0.717, 1.165) is 28.5 Å². The molecule has 1 fully saturated rings. The number of rotatable bonds is 6. The van der Waals surface area contributed by atoms with Crippen LogP contribution in [0.5, 0.6) is 17.2 Å². The summed E-state index contributed by atoms with van der Waals surface area (Å²) in [5.41, 5.74) is 3.08. The Labute approximate surface area is 208 Å². The predicted octanol–water partition coefficient (Wildman–Crippen LogP) is 4.08. The van der Waals surface area contributed by atoms with Crippen LogP contribution >= 0.6 is 11.8 Å². The molecule has 186 valence electrons. The van der Waals surface area contributed by atoms with Gasteiger partial charge in [-0.15, -0.1) is 0 Å². The van der Waals surface area contributed by atoms with E-state index < -0.39 is 22.9 Å². The summed E-state index contributed by atoms with van der Waals surface area (Å²) in [5.74, 6) is 1.02. The molecule has 2 aromatic rings. The van der Waals surface area contributed by atoms with Gasteiger partial charge in [0.1, 0.15) is 29.5 Å². The predicted molar refractivity (Wildman–Crippen MR) is 131 cm³/mol. The molecule has 0 aromatic heterocycles. The molecule has 2 amide bonds. The zero-order chi connectivity index (χ0) is 25.5. The lowest BCUT2D eigenvalue weighted by Crippen LogP contribution is -2.44. The van der Waals surface area contributed by atoms with Gasteiger partial charge in [0.25, 0.3) is 5.24 Å². The summed E-state index contributed by atoms with van der Waals surface area (Å²) >= 11 is 1.01. The number of benzene rings is 2. The zero-order valence-corrected chi connectivity index (χ0v) is 21.2. The molecule has 35 heavy (non-hydrogen) atoms. The molecule has 2 N–H and O–H groups in total. The molecule has 0 saturated carbocycles. The molecular formula is C26H29NO7S. The first-order valence-corrected chi connectivity index (χ1v) is 12.3. The van der Waals surface area contributed by atoms with E-state index in [1.807, 2.05) is 52.0 Å². The largest absolute Gasteiger partial charge is 0.489 e. The van der Waals surface area contributed by atoms with Crippen LogP contribution in [-0.4, -0.2) is 39.7 Å². The molecule has 9 heteroatoms. The second-order valence-corrected chi connectivity index (χ2v) is 10.5. The van der Waals surface area contributed by atoms with Crippen LogP contribution in [0.1, 0.15) is 54.2 Å². The lowest BCUT2D eigenvalue weighted by atomic mass is 9.85. The van der Waals surface area contributed by atoms with Gasteiger partial charge in [0.15, 0.2) is 0 Å². The molecule has 1 saturated heterocycles. The van der Waals surface area contributed by atoms with Gasteiger partial charge in [0, 0.05) is 24.5 Å². The summed E-state index contributed by atoms with van der Waals surface area (Å²) in [6.07, 6.45) is -0.0381. The topological polar surface area (TPSA) is 111 Å². The maximum Gasteiger partial charge on any atom is 0.308 e. The van der Waals surface area contributed by atoms with E-state index in [1.54, 1.807) is 0 Å². The van der Waals surface area contributed by atoms with Crippen molar-refractivity contribution in [2.75, 3.05) is 6.61 Å². The summed E-state index contributed by atoms with van der Waals surface area (Å²) < 4.78 is 17.8. The van der Waals surface area contributed by atoms with E-state index in [-0.39, 0.29) is 17.8 Å². The smallest absolute Gasteiger partial charge is 0.308 e. The first-order valence-electron chi connectivity index (χ1n) is 11.4. The number of carbonyl (C=O) groups excluding carboxylic acids is 3. The van der Waals surface area contributed by atoms with Gasteiger partial charge in [-0.1, -0.05) is 23.9 Å². The number of hydrogen-bond donors (Lipinski definition) is 2. The van der Waals surface area contributed by atoms with E-state index in [2.05, 4.69) is 5.32 Å². The number of nitrogens with one attached hydrogen (secondary N) is 1. The van der Waals surface area contributed by atoms with E-state index in [1.165, 1.54) is 6.92 Å². The minimum atomic E-state index is -0.805. The Kier molecular flexibility index (Phi) is 6.83. The number of esters is 1. The number of amides is 2. The van der Waals surface area contributed by atoms with Gasteiger partial charge in [-0.3, -0.25) is 19.7 Å². The third-order valence-electron chi connectivity index (χ3n) is 6.44. The third kappa shape index (κ3) is 5.16. The molecule has 0 spiro atoms. The van der Waals surface area contributed by atoms with Crippen molar-refractivity contribution in [3.8, 4) is 17.2 Å². The van der Waals surface area contributed by atoms with Crippen LogP contribution in [0.15, 0.2) is 24.3 Å². The summed E-state index contributed by atoms with van der Waals surface area (Å²) in [6.45, 7) is 9.03. The summed E-state index contributed by atoms with van der Waals surface area (Å²) in [7, 11) is 0. The van der Waals surface area contributed by atoms with Crippen molar-refractivity contribution in [2.45, 2.75) is 64.4 Å². The standard InChI is InChI=1S/C26H29NO7S/c1-13-14(2)23-21(15(3)22(13)33-16(4)28)19(29)11-26(5,34-23)12-32-18-8-6-17(7-9-18)10-20-24(30)27-25(31)35-20/h6-9,19-20,29H,10-12H2,1-5H3,(H,27,30,31). The third-order valence-corrected chi connectivity index (χ3v) is 7.42. The maximum absolute atomic E-state index is 11.8. The average Bonchev–Trinajstić information content (AvgIpc) is 3.10. The molecule has 2 aliphatic heterocycles. The molecule has 2 aromatic carbocycles. The Balaban J connectivity index is 1.46. The molecular weight excluding hydrogens is 470 g/mol. The van der Waals surface area contributed by atoms with E-state index >= 15 is 0 Å². The molecule has 2 aliphatic rings. The number of hydrogen-bond acceptors (Lipinski definition) is 8. The molecule has 0 aliphatic carbocycles. The van der Waals surface area contributed by atoms with Gasteiger partial charge in [-0.05, 0) is 62.9 Å². The van der Waals surface area contributed by atoms with Gasteiger partial charge in [-0.25, -0.2) is 0 Å². The fraction of sp³-hybridized carbons (Fsp3) is 0.423. The average molecular weight is 500 g/mol. The van der Waals surface area contributed by atoms with Crippen LogP contribution in [-0.2, 0) is 16.0 Å². The molecule has 8 nitrogen and oxygen atoms in total. The lowest BCUT2D eigenvalue weighted by molar-refractivity contribution is -0.132. The van der Waals surface area contributed by atoms with Crippen molar-refractivity contribution in [3.05, 3.63) is 52.1 Å². The highest BCUT2D eigenvalue weighted by Gasteiger charge is 2.40. The van der Waals surface area contributed by atoms with E-state index in [9.17, 15) is 19.5 Å². The zero-order valence-electron chi connectivity index (χ0n) is 20.4. The number of aliphatic hydroxyl groups excluding tert-OH is 1. The first kappa shape index (κ1) is 25.1. The SMILES string of the molecule is CC(=O)Oc1c(C)c(C)c2c(c1C)C(O)CC(C)(COc1ccc(CC3SC(=O)NC3=O)cc1)O2. The highest BCUT2D eigenvalue weighted by molar-refractivity contribution is 8.15. The van der Waals surface area contributed by atoms with Crippen LogP contribution in [0.3, 0.4) is 0 Å². The Morgan fingerprint density at radius 2 is 1.86 bits per heavy atom. The second-order valence-electron chi connectivity index (χ2n) is 9.33. The van der Waals surface area contributed by atoms with Gasteiger partial charge < -0.3 is 19.3 Å². The van der Waals surface area contributed by atoms with Gasteiger partial charge in [0.2, 0.25) is 5.91 Å². The summed E-state index contributed by atoms with van der Waals surface area (Å²) in [4.78, 5) is 34.7. The number of carbonyl (C=O) groups is 3. The van der Waals surface area contributed by atoms with Crippen molar-refractivity contribution in [2.24, 2.45) is 0 Å². The van der Waals surface area contributed by atoms with Crippen LogP contribution in [0.2, 0.25) is 0 Å². The van der Waals surface area contributed by atoms with Gasteiger partial charge >= 0.3 is 5.97 Å². The monoisotopic (exact) mass is 499 g/mol. The number of aliphatic hydroxyl groups is 1. The quantitative estimate of drug-likeness (QED) is 0.452. The molecule has 3 atom stereocenters. The number of thioether (sulfide) groups is 1. The molecule has 3 unspecified atom stereocenters. The Hall–Kier alpha value is -3.04. The van der Waals surface area contributed by atoms with Crippen LogP contribution < -0.4 is 19.5 Å². The van der Waals surface area contributed by atoms with Crippen molar-refractivity contribution < 1.29 is 33.7 Å². The molecule has 0 radical (unpaired) electrons. The Morgan fingerprint density at radius 1 is 1.17 bits per heavy atom. The fourth-order valence-electron chi connectivity index (χ4n) is 4.53. The van der Waals surface area contributed by atoms with Crippen LogP contribution in [0, 0.1) is 20.8 Å². The van der Waals surface area contributed by atoms with E-state index in [0.29, 0.717) is 41.2 Å². The number of ether oxygens (including phenoxy) is 3. The number of fused-ring (bicyclic) bond motifs is 1. The van der Waals surface area contributed by atoms with Crippen molar-refractivity contribution in [1.29, 1.82) is 0 Å². The van der Waals surface area contributed by atoms with Crippen molar-refractivity contribution >= 4 is 28.9 Å². The molecule has 2 heterocycles. The molecule has 4 rings (SSSR count). The summed E-state index contributed by atoms with van der Waals surface area (Å²) in [6, 6.07) is 7.37. The normalized spacial score (nSPS) is 23.4.